The first kappa shape index (κ1) is 17.8. The highest BCUT2D eigenvalue weighted by Crippen LogP contribution is 2.32. The molecule has 1 atom stereocenters. The molecule has 9 heteroatoms. The highest BCUT2D eigenvalue weighted by Gasteiger charge is 2.22. The fraction of sp³-hybridized carbons (Fsp3) is 0.389. The van der Waals surface area contributed by atoms with E-state index in [4.69, 9.17) is 27.1 Å². The molecule has 4 heterocycles. The fourth-order valence-corrected chi connectivity index (χ4v) is 3.47. The summed E-state index contributed by atoms with van der Waals surface area (Å²) in [6.07, 6.45) is 3.51. The van der Waals surface area contributed by atoms with Crippen LogP contribution < -0.4 is 16.0 Å². The molecule has 8 nitrogen and oxygen atoms in total. The maximum Gasteiger partial charge on any atom is 0.222 e. The first-order valence-corrected chi connectivity index (χ1v) is 9.24. The quantitative estimate of drug-likeness (QED) is 0.710. The molecular weight excluding hydrogens is 366 g/mol. The van der Waals surface area contributed by atoms with E-state index in [0.717, 1.165) is 35.5 Å². The van der Waals surface area contributed by atoms with E-state index in [0.29, 0.717) is 24.1 Å². The first-order valence-electron chi connectivity index (χ1n) is 8.86. The van der Waals surface area contributed by atoms with Gasteiger partial charge in [-0.05, 0) is 19.1 Å². The molecule has 1 fully saturated rings. The highest BCUT2D eigenvalue weighted by molar-refractivity contribution is 6.32. The molecule has 0 aromatic carbocycles. The zero-order valence-electron chi connectivity index (χ0n) is 15.3. The summed E-state index contributed by atoms with van der Waals surface area (Å²) in [4.78, 5) is 15.4. The number of fused-ring (bicyclic) bond motifs is 1. The SMILES string of the molecule is C[C@H](Nc1nc(N)ncc1Cl)c1nc2ccn(C)c2cc1N1CCOCC1. The molecule has 0 bridgehead atoms. The smallest absolute Gasteiger partial charge is 0.222 e. The molecule has 0 saturated carbocycles. The summed E-state index contributed by atoms with van der Waals surface area (Å²) in [5, 5.41) is 3.75. The minimum absolute atomic E-state index is 0.126. The number of aryl methyl sites for hydroxylation is 1. The van der Waals surface area contributed by atoms with Gasteiger partial charge >= 0.3 is 0 Å². The number of hydrogen-bond donors (Lipinski definition) is 2. The van der Waals surface area contributed by atoms with E-state index < -0.39 is 0 Å². The first-order chi connectivity index (χ1) is 13.0. The molecular formula is C18H22ClN7O. The molecule has 1 aliphatic rings. The van der Waals surface area contributed by atoms with E-state index in [2.05, 4.69) is 30.8 Å². The summed E-state index contributed by atoms with van der Waals surface area (Å²) >= 11 is 6.22. The van der Waals surface area contributed by atoms with Crippen molar-refractivity contribution in [2.24, 2.45) is 7.05 Å². The van der Waals surface area contributed by atoms with Crippen LogP contribution >= 0.6 is 11.6 Å². The molecule has 4 rings (SSSR count). The lowest BCUT2D eigenvalue weighted by molar-refractivity contribution is 0.122. The van der Waals surface area contributed by atoms with Crippen LogP contribution in [0.4, 0.5) is 17.5 Å². The number of halogens is 1. The third-order valence-corrected chi connectivity index (χ3v) is 5.03. The molecule has 0 amide bonds. The van der Waals surface area contributed by atoms with Gasteiger partial charge in [0.1, 0.15) is 5.02 Å². The third-order valence-electron chi connectivity index (χ3n) is 4.75. The molecule has 27 heavy (non-hydrogen) atoms. The summed E-state index contributed by atoms with van der Waals surface area (Å²) in [7, 11) is 2.03. The van der Waals surface area contributed by atoms with Gasteiger partial charge in [-0.3, -0.25) is 0 Å². The van der Waals surface area contributed by atoms with Crippen LogP contribution in [0.2, 0.25) is 5.02 Å². The van der Waals surface area contributed by atoms with Gasteiger partial charge in [0.25, 0.3) is 0 Å². The molecule has 0 spiro atoms. The zero-order valence-corrected chi connectivity index (χ0v) is 16.1. The number of rotatable bonds is 4. The van der Waals surface area contributed by atoms with Crippen molar-refractivity contribution in [2.75, 3.05) is 42.3 Å². The Bertz CT molecular complexity index is 968. The zero-order chi connectivity index (χ0) is 19.0. The van der Waals surface area contributed by atoms with Crippen LogP contribution in [0.3, 0.4) is 0 Å². The lowest BCUT2D eigenvalue weighted by Gasteiger charge is -2.31. The Balaban J connectivity index is 1.75. The molecule has 0 aliphatic carbocycles. The van der Waals surface area contributed by atoms with Crippen molar-refractivity contribution >= 4 is 40.1 Å². The van der Waals surface area contributed by atoms with E-state index in [1.807, 2.05) is 26.2 Å². The Morgan fingerprint density at radius 3 is 2.85 bits per heavy atom. The van der Waals surface area contributed by atoms with E-state index in [1.165, 1.54) is 6.20 Å². The summed E-state index contributed by atoms with van der Waals surface area (Å²) in [6, 6.07) is 4.08. The Morgan fingerprint density at radius 1 is 1.30 bits per heavy atom. The van der Waals surface area contributed by atoms with E-state index >= 15 is 0 Å². The number of nitrogen functional groups attached to an aromatic ring is 1. The number of nitrogens with zero attached hydrogens (tertiary/aromatic N) is 5. The van der Waals surface area contributed by atoms with Gasteiger partial charge in [-0.15, -0.1) is 0 Å². The summed E-state index contributed by atoms with van der Waals surface area (Å²) < 4.78 is 7.59. The maximum absolute atomic E-state index is 6.22. The number of nitrogens with one attached hydrogen (secondary N) is 1. The number of nitrogens with two attached hydrogens (primary N) is 1. The van der Waals surface area contributed by atoms with Gasteiger partial charge in [0, 0.05) is 26.3 Å². The van der Waals surface area contributed by atoms with Crippen LogP contribution in [-0.4, -0.2) is 45.8 Å². The largest absolute Gasteiger partial charge is 0.378 e. The van der Waals surface area contributed by atoms with Crippen LogP contribution in [0.5, 0.6) is 0 Å². The minimum atomic E-state index is -0.126. The van der Waals surface area contributed by atoms with E-state index in [-0.39, 0.29) is 12.0 Å². The van der Waals surface area contributed by atoms with Gasteiger partial charge in [-0.1, -0.05) is 11.6 Å². The van der Waals surface area contributed by atoms with Crippen LogP contribution in [0.15, 0.2) is 24.5 Å². The van der Waals surface area contributed by atoms with Crippen LogP contribution in [0.25, 0.3) is 11.0 Å². The van der Waals surface area contributed by atoms with Crippen molar-refractivity contribution in [3.63, 3.8) is 0 Å². The number of hydrogen-bond acceptors (Lipinski definition) is 7. The highest BCUT2D eigenvalue weighted by atomic mass is 35.5. The third kappa shape index (κ3) is 3.50. The van der Waals surface area contributed by atoms with Crippen molar-refractivity contribution in [3.8, 4) is 0 Å². The van der Waals surface area contributed by atoms with Gasteiger partial charge in [-0.2, -0.15) is 4.98 Å². The Labute approximate surface area is 162 Å². The molecule has 3 aromatic heterocycles. The van der Waals surface area contributed by atoms with Crippen molar-refractivity contribution in [1.29, 1.82) is 0 Å². The van der Waals surface area contributed by atoms with Gasteiger partial charge in [0.2, 0.25) is 5.95 Å². The predicted octanol–water partition coefficient (Wildman–Crippen LogP) is 2.61. The van der Waals surface area contributed by atoms with Crippen LogP contribution in [0, 0.1) is 0 Å². The number of pyridine rings is 1. The van der Waals surface area contributed by atoms with Gasteiger partial charge in [0.15, 0.2) is 5.82 Å². The second-order valence-corrected chi connectivity index (χ2v) is 7.02. The lowest BCUT2D eigenvalue weighted by atomic mass is 10.1. The summed E-state index contributed by atoms with van der Waals surface area (Å²) in [6.45, 7) is 5.12. The summed E-state index contributed by atoms with van der Waals surface area (Å²) in [5.41, 5.74) is 9.77. The number of aromatic nitrogens is 4. The van der Waals surface area contributed by atoms with Crippen molar-refractivity contribution in [1.82, 2.24) is 19.5 Å². The molecule has 3 aromatic rings. The topological polar surface area (TPSA) is 94.1 Å². The van der Waals surface area contributed by atoms with Gasteiger partial charge < -0.3 is 25.3 Å². The van der Waals surface area contributed by atoms with Gasteiger partial charge in [0.05, 0.1) is 47.9 Å². The van der Waals surface area contributed by atoms with Crippen molar-refractivity contribution in [3.05, 3.63) is 35.2 Å². The number of ether oxygens (including phenoxy) is 1. The van der Waals surface area contributed by atoms with Crippen molar-refractivity contribution < 1.29 is 4.74 Å². The molecule has 3 N–H and O–H groups in total. The monoisotopic (exact) mass is 387 g/mol. The van der Waals surface area contributed by atoms with E-state index in [9.17, 15) is 0 Å². The molecule has 142 valence electrons. The average molecular weight is 388 g/mol. The normalized spacial score (nSPS) is 15.9. The van der Waals surface area contributed by atoms with Gasteiger partial charge in [-0.25, -0.2) is 9.97 Å². The molecule has 0 unspecified atom stereocenters. The molecule has 1 aliphatic heterocycles. The molecule has 1 saturated heterocycles. The standard InChI is InChI=1S/C18H22ClN7O/c1-11(22-17-12(19)10-21-18(20)24-17)16-15(26-5-7-27-8-6-26)9-14-13(23-16)3-4-25(14)2/h3-4,9-11H,5-8H2,1-2H3,(H3,20,21,22,24)/t11-/m0/s1. The Morgan fingerprint density at radius 2 is 2.07 bits per heavy atom. The molecule has 0 radical (unpaired) electrons. The lowest BCUT2D eigenvalue weighted by Crippen LogP contribution is -2.37. The Hall–Kier alpha value is -2.58. The summed E-state index contributed by atoms with van der Waals surface area (Å²) in [5.74, 6) is 0.675. The predicted molar refractivity (Wildman–Crippen MR) is 107 cm³/mol. The average Bonchev–Trinajstić information content (AvgIpc) is 3.04. The number of morpholine rings is 1. The van der Waals surface area contributed by atoms with Crippen LogP contribution in [-0.2, 0) is 11.8 Å². The van der Waals surface area contributed by atoms with E-state index in [1.54, 1.807) is 0 Å². The minimum Gasteiger partial charge on any atom is -0.378 e. The van der Waals surface area contributed by atoms with Crippen LogP contribution in [0.1, 0.15) is 18.7 Å². The fourth-order valence-electron chi connectivity index (χ4n) is 3.32. The second kappa shape index (κ2) is 7.21. The number of anilines is 3. The second-order valence-electron chi connectivity index (χ2n) is 6.61. The Kier molecular flexibility index (Phi) is 4.75. The van der Waals surface area contributed by atoms with Crippen molar-refractivity contribution in [2.45, 2.75) is 13.0 Å². The maximum atomic E-state index is 6.22.